The number of hydrogen-bond acceptors (Lipinski definition) is 2. The number of nitrogens with zero attached hydrogens (tertiary/aromatic N) is 1. The highest BCUT2D eigenvalue weighted by Crippen LogP contribution is 2.27. The Bertz CT molecular complexity index is 654. The zero-order valence-electron chi connectivity index (χ0n) is 11.6. The van der Waals surface area contributed by atoms with E-state index in [2.05, 4.69) is 0 Å². The topological polar surface area (TPSA) is 46.3 Å². The van der Waals surface area contributed by atoms with Gasteiger partial charge in [0.1, 0.15) is 5.82 Å². The van der Waals surface area contributed by atoms with E-state index in [1.54, 1.807) is 17.0 Å². The molecule has 4 heteroatoms. The molecule has 0 aliphatic carbocycles. The molecular formula is C17H17FN2O. The van der Waals surface area contributed by atoms with Gasteiger partial charge in [0.25, 0.3) is 0 Å². The van der Waals surface area contributed by atoms with Gasteiger partial charge >= 0.3 is 0 Å². The average molecular weight is 284 g/mol. The van der Waals surface area contributed by atoms with E-state index in [0.717, 1.165) is 23.2 Å². The van der Waals surface area contributed by atoms with Crippen molar-refractivity contribution in [1.29, 1.82) is 0 Å². The predicted molar refractivity (Wildman–Crippen MR) is 80.6 cm³/mol. The summed E-state index contributed by atoms with van der Waals surface area (Å²) in [6.45, 7) is 0.525. The monoisotopic (exact) mass is 284 g/mol. The minimum atomic E-state index is -0.295. The largest absolute Gasteiger partial charge is 0.326 e. The highest BCUT2D eigenvalue weighted by Gasteiger charge is 2.26. The third-order valence-corrected chi connectivity index (χ3v) is 3.75. The van der Waals surface area contributed by atoms with Crippen LogP contribution in [0.15, 0.2) is 48.5 Å². The number of halogens is 1. The highest BCUT2D eigenvalue weighted by molar-refractivity contribution is 5.96. The summed E-state index contributed by atoms with van der Waals surface area (Å²) in [6, 6.07) is 13.8. The molecule has 2 aromatic carbocycles. The van der Waals surface area contributed by atoms with Gasteiger partial charge in [-0.2, -0.15) is 0 Å². The van der Waals surface area contributed by atoms with E-state index < -0.39 is 0 Å². The fourth-order valence-electron chi connectivity index (χ4n) is 2.74. The Kier molecular flexibility index (Phi) is 3.71. The van der Waals surface area contributed by atoms with Gasteiger partial charge in [-0.3, -0.25) is 4.79 Å². The van der Waals surface area contributed by atoms with Gasteiger partial charge in [-0.15, -0.1) is 0 Å². The van der Waals surface area contributed by atoms with Gasteiger partial charge in [0.2, 0.25) is 5.91 Å². The van der Waals surface area contributed by atoms with Crippen LogP contribution in [0.5, 0.6) is 0 Å². The minimum Gasteiger partial charge on any atom is -0.326 e. The summed E-state index contributed by atoms with van der Waals surface area (Å²) in [7, 11) is 0. The third-order valence-electron chi connectivity index (χ3n) is 3.75. The van der Waals surface area contributed by atoms with Crippen LogP contribution in [-0.2, 0) is 17.6 Å². The molecule has 3 nitrogen and oxygen atoms in total. The van der Waals surface area contributed by atoms with Gasteiger partial charge in [-0.1, -0.05) is 30.3 Å². The summed E-state index contributed by atoms with van der Waals surface area (Å²) in [5, 5.41) is 0. The maximum atomic E-state index is 12.9. The number of hydrogen-bond donors (Lipinski definition) is 1. The van der Waals surface area contributed by atoms with Gasteiger partial charge in [-0.05, 0) is 35.7 Å². The first-order chi connectivity index (χ1) is 10.1. The van der Waals surface area contributed by atoms with Crippen LogP contribution in [0.2, 0.25) is 0 Å². The van der Waals surface area contributed by atoms with Crippen LogP contribution in [0.4, 0.5) is 10.1 Å². The lowest BCUT2D eigenvalue weighted by Gasteiger charge is -2.33. The van der Waals surface area contributed by atoms with Crippen LogP contribution in [0, 0.1) is 5.82 Å². The molecule has 1 unspecified atom stereocenters. The molecule has 0 saturated carbocycles. The van der Waals surface area contributed by atoms with E-state index >= 15 is 0 Å². The van der Waals surface area contributed by atoms with Crippen LogP contribution in [0.3, 0.4) is 0 Å². The zero-order chi connectivity index (χ0) is 14.8. The molecule has 2 N–H and O–H groups in total. The van der Waals surface area contributed by atoms with E-state index in [9.17, 15) is 9.18 Å². The quantitative estimate of drug-likeness (QED) is 0.919. The first-order valence-electron chi connectivity index (χ1n) is 7.02. The molecule has 1 aliphatic heterocycles. The molecule has 1 aliphatic rings. The summed E-state index contributed by atoms with van der Waals surface area (Å²) < 4.78 is 12.9. The summed E-state index contributed by atoms with van der Waals surface area (Å²) in [4.78, 5) is 14.3. The highest BCUT2D eigenvalue weighted by atomic mass is 19.1. The Labute approximate surface area is 123 Å². The third kappa shape index (κ3) is 2.95. The maximum Gasteiger partial charge on any atom is 0.231 e. The SMILES string of the molecule is NC1Cc2ccccc2N(C(=O)Cc2ccc(F)cc2)C1. The van der Waals surface area contributed by atoms with Crippen molar-refractivity contribution in [3.8, 4) is 0 Å². The normalized spacial score (nSPS) is 17.4. The van der Waals surface area contributed by atoms with E-state index in [1.807, 2.05) is 24.3 Å². The first-order valence-corrected chi connectivity index (χ1v) is 7.02. The average Bonchev–Trinajstić information content (AvgIpc) is 2.48. The molecular weight excluding hydrogens is 267 g/mol. The van der Waals surface area contributed by atoms with Gasteiger partial charge in [-0.25, -0.2) is 4.39 Å². The lowest BCUT2D eigenvalue weighted by atomic mass is 9.97. The fraction of sp³-hybridized carbons (Fsp3) is 0.235. The van der Waals surface area contributed by atoms with Crippen molar-refractivity contribution in [2.45, 2.75) is 18.9 Å². The summed E-state index contributed by atoms with van der Waals surface area (Å²) in [5.74, 6) is -0.305. The van der Waals surface area contributed by atoms with Crippen molar-refractivity contribution in [3.63, 3.8) is 0 Å². The van der Waals surface area contributed by atoms with Crippen molar-refractivity contribution in [1.82, 2.24) is 0 Å². The lowest BCUT2D eigenvalue weighted by Crippen LogP contribution is -2.46. The Morgan fingerprint density at radius 2 is 1.90 bits per heavy atom. The molecule has 0 radical (unpaired) electrons. The smallest absolute Gasteiger partial charge is 0.231 e. The van der Waals surface area contributed by atoms with Crippen LogP contribution < -0.4 is 10.6 Å². The number of benzene rings is 2. The Morgan fingerprint density at radius 1 is 1.19 bits per heavy atom. The number of rotatable bonds is 2. The number of carbonyl (C=O) groups is 1. The Balaban J connectivity index is 1.83. The van der Waals surface area contributed by atoms with Gasteiger partial charge < -0.3 is 10.6 Å². The number of para-hydroxylation sites is 1. The molecule has 1 atom stereocenters. The second-order valence-electron chi connectivity index (χ2n) is 5.40. The van der Waals surface area contributed by atoms with Crippen LogP contribution >= 0.6 is 0 Å². The first kappa shape index (κ1) is 13.8. The van der Waals surface area contributed by atoms with Gasteiger partial charge in [0, 0.05) is 18.3 Å². The molecule has 0 spiro atoms. The zero-order valence-corrected chi connectivity index (χ0v) is 11.6. The number of fused-ring (bicyclic) bond motifs is 1. The van der Waals surface area contributed by atoms with Crippen molar-refractivity contribution in [2.75, 3.05) is 11.4 Å². The predicted octanol–water partition coefficient (Wildman–Crippen LogP) is 2.28. The molecule has 0 saturated heterocycles. The van der Waals surface area contributed by atoms with Crippen molar-refractivity contribution < 1.29 is 9.18 Å². The lowest BCUT2D eigenvalue weighted by molar-refractivity contribution is -0.118. The molecule has 1 heterocycles. The number of anilines is 1. The molecule has 0 fully saturated rings. The minimum absolute atomic E-state index is 0.00999. The molecule has 0 bridgehead atoms. The summed E-state index contributed by atoms with van der Waals surface area (Å²) in [5.41, 5.74) is 8.89. The molecule has 108 valence electrons. The van der Waals surface area contributed by atoms with Crippen molar-refractivity contribution in [2.24, 2.45) is 5.73 Å². The second-order valence-corrected chi connectivity index (χ2v) is 5.40. The van der Waals surface area contributed by atoms with Crippen molar-refractivity contribution in [3.05, 3.63) is 65.5 Å². The molecule has 0 aromatic heterocycles. The van der Waals surface area contributed by atoms with Crippen molar-refractivity contribution >= 4 is 11.6 Å². The Morgan fingerprint density at radius 3 is 2.67 bits per heavy atom. The second kappa shape index (κ2) is 5.66. The molecule has 2 aromatic rings. The molecule has 21 heavy (non-hydrogen) atoms. The van der Waals surface area contributed by atoms with E-state index in [-0.39, 0.29) is 24.2 Å². The van der Waals surface area contributed by atoms with Gasteiger partial charge in [0.15, 0.2) is 0 Å². The number of amides is 1. The standard InChI is InChI=1S/C17H17FN2O/c18-14-7-5-12(6-8-14)9-17(21)20-11-15(19)10-13-3-1-2-4-16(13)20/h1-8,15H,9-11,19H2. The summed E-state index contributed by atoms with van der Waals surface area (Å²) >= 11 is 0. The summed E-state index contributed by atoms with van der Waals surface area (Å²) in [6.07, 6.45) is 1.04. The van der Waals surface area contributed by atoms with E-state index in [1.165, 1.54) is 12.1 Å². The number of carbonyl (C=O) groups excluding carboxylic acids is 1. The van der Waals surface area contributed by atoms with Crippen LogP contribution in [0.1, 0.15) is 11.1 Å². The van der Waals surface area contributed by atoms with Crippen LogP contribution in [-0.4, -0.2) is 18.5 Å². The van der Waals surface area contributed by atoms with Crippen LogP contribution in [0.25, 0.3) is 0 Å². The molecule has 1 amide bonds. The maximum absolute atomic E-state index is 12.9. The van der Waals surface area contributed by atoms with E-state index in [4.69, 9.17) is 5.73 Å². The molecule has 3 rings (SSSR count). The number of nitrogens with two attached hydrogens (primary N) is 1. The Hall–Kier alpha value is -2.20. The van der Waals surface area contributed by atoms with Gasteiger partial charge in [0.05, 0.1) is 6.42 Å². The fourth-order valence-corrected chi connectivity index (χ4v) is 2.74. The van der Waals surface area contributed by atoms with E-state index in [0.29, 0.717) is 6.54 Å².